The highest BCUT2D eigenvalue weighted by atomic mass is 19.4. The number of nitrogens with zero attached hydrogens (tertiary/aromatic N) is 1. The fraction of sp³-hybridized carbons (Fsp3) is 0.900. The number of hydrogen-bond acceptors (Lipinski definition) is 2. The monoisotopic (exact) mass is 252 g/mol. The van der Waals surface area contributed by atoms with Crippen LogP contribution in [-0.4, -0.2) is 24.7 Å². The molecule has 1 saturated carbocycles. The average molecular weight is 252 g/mol. The summed E-state index contributed by atoms with van der Waals surface area (Å²) in [5.74, 6) is 5.64. The molecule has 0 saturated heterocycles. The molecule has 0 bridgehead atoms. The van der Waals surface area contributed by atoms with E-state index < -0.39 is 12.6 Å². The van der Waals surface area contributed by atoms with Crippen molar-refractivity contribution in [3.63, 3.8) is 0 Å². The van der Waals surface area contributed by atoms with Crippen LogP contribution in [0.4, 0.5) is 13.2 Å². The first kappa shape index (κ1) is 14.1. The molecule has 1 aliphatic rings. The minimum atomic E-state index is -4.11. The summed E-state index contributed by atoms with van der Waals surface area (Å²) >= 11 is 0. The van der Waals surface area contributed by atoms with E-state index in [-0.39, 0.29) is 13.0 Å². The fourth-order valence-electron chi connectivity index (χ4n) is 1.87. The van der Waals surface area contributed by atoms with Crippen molar-refractivity contribution < 1.29 is 13.2 Å². The highest BCUT2D eigenvalue weighted by Crippen LogP contribution is 2.21. The molecule has 0 amide bonds. The summed E-state index contributed by atoms with van der Waals surface area (Å²) in [7, 11) is 0. The molecule has 4 N–H and O–H groups in total. The number of guanidine groups is 1. The lowest BCUT2D eigenvalue weighted by Crippen LogP contribution is -2.45. The number of rotatable bonds is 4. The number of halogens is 3. The number of hydrogen-bond donors (Lipinski definition) is 3. The van der Waals surface area contributed by atoms with Gasteiger partial charge in [-0.2, -0.15) is 13.2 Å². The van der Waals surface area contributed by atoms with E-state index in [4.69, 9.17) is 5.84 Å². The second-order valence-electron chi connectivity index (χ2n) is 4.22. The number of hydrazine groups is 1. The molecule has 0 atom stereocenters. The van der Waals surface area contributed by atoms with Crippen molar-refractivity contribution in [1.29, 1.82) is 0 Å². The van der Waals surface area contributed by atoms with Crippen LogP contribution in [0.15, 0.2) is 4.99 Å². The van der Waals surface area contributed by atoms with Gasteiger partial charge >= 0.3 is 6.18 Å². The van der Waals surface area contributed by atoms with Gasteiger partial charge in [-0.25, -0.2) is 5.84 Å². The number of nitrogens with one attached hydrogen (secondary N) is 2. The molecule has 1 aliphatic carbocycles. The minimum absolute atomic E-state index is 0.0129. The van der Waals surface area contributed by atoms with Gasteiger partial charge in [0.25, 0.3) is 0 Å². The first-order valence-electron chi connectivity index (χ1n) is 5.85. The lowest BCUT2D eigenvalue weighted by atomic mass is 10.2. The summed E-state index contributed by atoms with van der Waals surface area (Å²) in [6.07, 6.45) is -0.469. The molecule has 0 spiro atoms. The fourth-order valence-corrected chi connectivity index (χ4v) is 1.87. The first-order chi connectivity index (χ1) is 8.01. The Bertz CT molecular complexity index is 246. The van der Waals surface area contributed by atoms with Gasteiger partial charge in [-0.05, 0) is 19.3 Å². The van der Waals surface area contributed by atoms with E-state index in [0.29, 0.717) is 12.0 Å². The molecule has 17 heavy (non-hydrogen) atoms. The molecule has 1 fully saturated rings. The molecular formula is C10H19F3N4. The zero-order valence-electron chi connectivity index (χ0n) is 9.69. The summed E-state index contributed by atoms with van der Waals surface area (Å²) < 4.78 is 35.7. The van der Waals surface area contributed by atoms with Crippen molar-refractivity contribution in [3.8, 4) is 0 Å². The molecule has 0 aromatic rings. The third kappa shape index (κ3) is 6.35. The Morgan fingerprint density at radius 2 is 1.94 bits per heavy atom. The van der Waals surface area contributed by atoms with E-state index in [0.717, 1.165) is 12.8 Å². The molecule has 0 unspecified atom stereocenters. The molecule has 0 aromatic carbocycles. The highest BCUT2D eigenvalue weighted by molar-refractivity contribution is 5.79. The van der Waals surface area contributed by atoms with E-state index in [1.54, 1.807) is 0 Å². The van der Waals surface area contributed by atoms with Crippen LogP contribution in [-0.2, 0) is 0 Å². The van der Waals surface area contributed by atoms with Crippen molar-refractivity contribution in [2.75, 3.05) is 6.54 Å². The number of alkyl halides is 3. The van der Waals surface area contributed by atoms with Gasteiger partial charge in [0.1, 0.15) is 0 Å². The van der Waals surface area contributed by atoms with Crippen LogP contribution in [0.25, 0.3) is 0 Å². The number of aliphatic imine (C=N–C) groups is 1. The molecule has 0 heterocycles. The normalized spacial score (nSPS) is 18.5. The third-order valence-corrected chi connectivity index (χ3v) is 2.72. The van der Waals surface area contributed by atoms with E-state index in [9.17, 15) is 13.2 Å². The molecule has 0 aliphatic heterocycles. The van der Waals surface area contributed by atoms with Gasteiger partial charge in [-0.1, -0.05) is 12.8 Å². The lowest BCUT2D eigenvalue weighted by molar-refractivity contribution is -0.134. The van der Waals surface area contributed by atoms with E-state index >= 15 is 0 Å². The van der Waals surface area contributed by atoms with Gasteiger partial charge in [0.05, 0.1) is 0 Å². The quantitative estimate of drug-likeness (QED) is 0.234. The predicted molar refractivity (Wildman–Crippen MR) is 60.3 cm³/mol. The Morgan fingerprint density at radius 1 is 1.29 bits per heavy atom. The summed E-state index contributed by atoms with van der Waals surface area (Å²) in [4.78, 5) is 3.98. The molecular weight excluding hydrogens is 233 g/mol. The van der Waals surface area contributed by atoms with Crippen LogP contribution in [0.5, 0.6) is 0 Å². The van der Waals surface area contributed by atoms with Gasteiger partial charge < -0.3 is 5.32 Å². The standard InChI is InChI=1S/C10H19F3N4/c11-10(12,13)6-3-7-15-9(17-14)16-8-4-1-2-5-8/h8H,1-7,14H2,(H2,15,16,17). The maximum Gasteiger partial charge on any atom is 0.389 e. The first-order valence-corrected chi connectivity index (χ1v) is 5.85. The Labute approximate surface area is 98.8 Å². The van der Waals surface area contributed by atoms with Crippen LogP contribution in [0, 0.1) is 0 Å². The third-order valence-electron chi connectivity index (χ3n) is 2.72. The van der Waals surface area contributed by atoms with E-state index in [1.807, 2.05) is 0 Å². The Hall–Kier alpha value is -0.980. The Kier molecular flexibility index (Phi) is 5.54. The van der Waals surface area contributed by atoms with Crippen molar-refractivity contribution in [1.82, 2.24) is 10.7 Å². The highest BCUT2D eigenvalue weighted by Gasteiger charge is 2.25. The maximum absolute atomic E-state index is 11.9. The zero-order valence-corrected chi connectivity index (χ0v) is 9.69. The van der Waals surface area contributed by atoms with Crippen molar-refractivity contribution >= 4 is 5.96 Å². The second kappa shape index (κ2) is 6.68. The summed E-state index contributed by atoms with van der Waals surface area (Å²) in [5.41, 5.74) is 2.38. The summed E-state index contributed by atoms with van der Waals surface area (Å²) in [6.45, 7) is 0.124. The van der Waals surface area contributed by atoms with Crippen LogP contribution in [0.3, 0.4) is 0 Å². The number of nitrogens with two attached hydrogens (primary N) is 1. The lowest BCUT2D eigenvalue weighted by Gasteiger charge is -2.15. The summed E-state index contributed by atoms with van der Waals surface area (Å²) in [5, 5.41) is 3.10. The van der Waals surface area contributed by atoms with Crippen LogP contribution >= 0.6 is 0 Å². The average Bonchev–Trinajstić information content (AvgIpc) is 2.73. The zero-order chi connectivity index (χ0) is 12.7. The molecule has 0 radical (unpaired) electrons. The maximum atomic E-state index is 11.9. The summed E-state index contributed by atoms with van der Waals surface area (Å²) in [6, 6.07) is 0.340. The largest absolute Gasteiger partial charge is 0.389 e. The predicted octanol–water partition coefficient (Wildman–Crippen LogP) is 1.68. The van der Waals surface area contributed by atoms with Crippen LogP contribution in [0.1, 0.15) is 38.5 Å². The minimum Gasteiger partial charge on any atom is -0.353 e. The van der Waals surface area contributed by atoms with Crippen molar-refractivity contribution in [2.24, 2.45) is 10.8 Å². The van der Waals surface area contributed by atoms with Gasteiger partial charge in [0.15, 0.2) is 0 Å². The topological polar surface area (TPSA) is 62.4 Å². The molecule has 1 rings (SSSR count). The smallest absolute Gasteiger partial charge is 0.353 e. The van der Waals surface area contributed by atoms with Crippen LogP contribution < -0.4 is 16.6 Å². The van der Waals surface area contributed by atoms with Gasteiger partial charge in [0.2, 0.25) is 5.96 Å². The molecule has 0 aromatic heterocycles. The van der Waals surface area contributed by atoms with E-state index in [2.05, 4.69) is 15.7 Å². The van der Waals surface area contributed by atoms with Crippen LogP contribution in [0.2, 0.25) is 0 Å². The molecule has 7 heteroatoms. The van der Waals surface area contributed by atoms with Gasteiger partial charge in [-0.3, -0.25) is 10.4 Å². The van der Waals surface area contributed by atoms with E-state index in [1.165, 1.54) is 12.8 Å². The van der Waals surface area contributed by atoms with Crippen molar-refractivity contribution in [3.05, 3.63) is 0 Å². The second-order valence-corrected chi connectivity index (χ2v) is 4.22. The van der Waals surface area contributed by atoms with Gasteiger partial charge in [-0.15, -0.1) is 0 Å². The molecule has 4 nitrogen and oxygen atoms in total. The Balaban J connectivity index is 2.23. The van der Waals surface area contributed by atoms with Gasteiger partial charge in [0, 0.05) is 19.0 Å². The molecule has 100 valence electrons. The Morgan fingerprint density at radius 3 is 2.47 bits per heavy atom. The SMILES string of the molecule is NNC(=NCCCC(F)(F)F)NC1CCCC1. The van der Waals surface area contributed by atoms with Crippen molar-refractivity contribution in [2.45, 2.75) is 50.7 Å².